The summed E-state index contributed by atoms with van der Waals surface area (Å²) >= 11 is 1.51. The van der Waals surface area contributed by atoms with Gasteiger partial charge in [0.2, 0.25) is 4.80 Å². The zero-order chi connectivity index (χ0) is 18.1. The molecule has 130 valence electrons. The van der Waals surface area contributed by atoms with Gasteiger partial charge < -0.3 is 9.13 Å². The summed E-state index contributed by atoms with van der Waals surface area (Å²) in [7, 11) is 1.92. The maximum Gasteiger partial charge on any atom is 0.260 e. The Bertz CT molecular complexity index is 1250. The van der Waals surface area contributed by atoms with Gasteiger partial charge >= 0.3 is 0 Å². The topological polar surface area (TPSA) is 68.4 Å². The summed E-state index contributed by atoms with van der Waals surface area (Å²) < 4.78 is 4.79. The van der Waals surface area contributed by atoms with Crippen LogP contribution in [0.15, 0.2) is 70.7 Å². The van der Waals surface area contributed by atoms with Gasteiger partial charge in [0.1, 0.15) is 6.54 Å². The van der Waals surface area contributed by atoms with E-state index in [2.05, 4.69) is 10.5 Å². The summed E-state index contributed by atoms with van der Waals surface area (Å²) in [5.74, 6) is -0.253. The van der Waals surface area contributed by atoms with Crippen molar-refractivity contribution < 1.29 is 4.79 Å². The predicted molar refractivity (Wildman–Crippen MR) is 103 cm³/mol. The molecule has 7 heteroatoms. The van der Waals surface area contributed by atoms with Crippen molar-refractivity contribution in [1.82, 2.24) is 14.6 Å². The van der Waals surface area contributed by atoms with Crippen LogP contribution >= 0.6 is 11.3 Å². The SMILES string of the molecule is Cn1/c(=N\NC(=O)Cn2ccc(=O)c3ccccc32)sc2ccccc21. The van der Waals surface area contributed by atoms with E-state index in [9.17, 15) is 9.59 Å². The van der Waals surface area contributed by atoms with Crippen LogP contribution in [0.1, 0.15) is 0 Å². The molecule has 2 aromatic heterocycles. The maximum absolute atomic E-state index is 12.3. The molecule has 1 N–H and O–H groups in total. The quantitative estimate of drug-likeness (QED) is 0.566. The number of carbonyl (C=O) groups excluding carboxylic acids is 1. The number of rotatable bonds is 3. The molecule has 0 saturated carbocycles. The van der Waals surface area contributed by atoms with Gasteiger partial charge in [0, 0.05) is 24.7 Å². The van der Waals surface area contributed by atoms with Gasteiger partial charge in [0.15, 0.2) is 5.43 Å². The molecule has 0 unspecified atom stereocenters. The second-order valence-corrected chi connectivity index (χ2v) is 6.89. The van der Waals surface area contributed by atoms with Gasteiger partial charge in [-0.25, -0.2) is 5.43 Å². The lowest BCUT2D eigenvalue weighted by atomic mass is 10.2. The maximum atomic E-state index is 12.3. The second-order valence-electron chi connectivity index (χ2n) is 5.88. The Hall–Kier alpha value is -3.19. The van der Waals surface area contributed by atoms with Crippen LogP contribution in [0, 0.1) is 0 Å². The van der Waals surface area contributed by atoms with Gasteiger partial charge in [0.25, 0.3) is 5.91 Å². The number of carbonyl (C=O) groups is 1. The Morgan fingerprint density at radius 1 is 1.08 bits per heavy atom. The number of pyridine rings is 1. The van der Waals surface area contributed by atoms with Crippen molar-refractivity contribution in [1.29, 1.82) is 0 Å². The van der Waals surface area contributed by atoms with Crippen LogP contribution in [0.5, 0.6) is 0 Å². The highest BCUT2D eigenvalue weighted by Gasteiger charge is 2.07. The molecule has 26 heavy (non-hydrogen) atoms. The van der Waals surface area contributed by atoms with E-state index < -0.39 is 0 Å². The van der Waals surface area contributed by atoms with Gasteiger partial charge in [-0.2, -0.15) is 0 Å². The number of aryl methyl sites for hydroxylation is 1. The Labute approximate surface area is 152 Å². The minimum atomic E-state index is -0.253. The average molecular weight is 364 g/mol. The van der Waals surface area contributed by atoms with Crippen LogP contribution in [0.3, 0.4) is 0 Å². The molecular weight excluding hydrogens is 348 g/mol. The minimum absolute atomic E-state index is 0.0563. The van der Waals surface area contributed by atoms with Crippen molar-refractivity contribution in [3.8, 4) is 0 Å². The van der Waals surface area contributed by atoms with Crippen LogP contribution in [0.25, 0.3) is 21.1 Å². The lowest BCUT2D eigenvalue weighted by molar-refractivity contribution is -0.121. The highest BCUT2D eigenvalue weighted by molar-refractivity contribution is 7.16. The standard InChI is InChI=1S/C19H16N4O2S/c1-22-15-8-4-5-9-17(15)26-19(22)21-20-18(25)12-23-11-10-16(24)13-6-2-3-7-14(13)23/h2-11H,12H2,1H3,(H,20,25)/b21-19+. The first kappa shape index (κ1) is 16.3. The van der Waals surface area contributed by atoms with Crippen LogP contribution in [0.4, 0.5) is 0 Å². The van der Waals surface area contributed by atoms with Crippen molar-refractivity contribution in [3.63, 3.8) is 0 Å². The number of thiazole rings is 1. The first-order valence-corrected chi connectivity index (χ1v) is 8.90. The number of amides is 1. The molecule has 0 aliphatic carbocycles. The van der Waals surface area contributed by atoms with Crippen LogP contribution in [-0.4, -0.2) is 15.0 Å². The largest absolute Gasteiger partial charge is 0.338 e. The van der Waals surface area contributed by atoms with Crippen molar-refractivity contribution in [2.24, 2.45) is 12.1 Å². The van der Waals surface area contributed by atoms with E-state index >= 15 is 0 Å². The summed E-state index contributed by atoms with van der Waals surface area (Å²) in [4.78, 5) is 25.0. The van der Waals surface area contributed by atoms with E-state index in [1.807, 2.05) is 54.1 Å². The first-order valence-electron chi connectivity index (χ1n) is 8.09. The number of nitrogens with zero attached hydrogens (tertiary/aromatic N) is 3. The summed E-state index contributed by atoms with van der Waals surface area (Å²) in [6, 6.07) is 16.7. The van der Waals surface area contributed by atoms with Gasteiger partial charge in [-0.05, 0) is 24.3 Å². The molecule has 0 aliphatic heterocycles. The van der Waals surface area contributed by atoms with Gasteiger partial charge in [-0.1, -0.05) is 35.6 Å². The number of fused-ring (bicyclic) bond motifs is 2. The molecule has 0 spiro atoms. The summed E-state index contributed by atoms with van der Waals surface area (Å²) in [6.07, 6.45) is 1.63. The summed E-state index contributed by atoms with van der Waals surface area (Å²) in [6.45, 7) is 0.0822. The van der Waals surface area contributed by atoms with Crippen molar-refractivity contribution in [3.05, 3.63) is 75.8 Å². The molecule has 4 aromatic rings. The molecule has 0 radical (unpaired) electrons. The van der Waals surface area contributed by atoms with E-state index in [1.54, 1.807) is 16.8 Å². The lowest BCUT2D eigenvalue weighted by Gasteiger charge is -2.09. The average Bonchev–Trinajstić information content (AvgIpc) is 2.99. The minimum Gasteiger partial charge on any atom is -0.338 e. The Morgan fingerprint density at radius 2 is 1.81 bits per heavy atom. The third-order valence-corrected chi connectivity index (χ3v) is 5.30. The number of benzene rings is 2. The van der Waals surface area contributed by atoms with Crippen LogP contribution in [-0.2, 0) is 18.4 Å². The number of aromatic nitrogens is 2. The molecule has 4 rings (SSSR count). The summed E-state index contributed by atoms with van der Waals surface area (Å²) in [5, 5.41) is 4.84. The van der Waals surface area contributed by atoms with E-state index in [0.29, 0.717) is 10.2 Å². The second kappa shape index (κ2) is 6.61. The Morgan fingerprint density at radius 3 is 2.62 bits per heavy atom. The van der Waals surface area contributed by atoms with E-state index in [-0.39, 0.29) is 17.9 Å². The van der Waals surface area contributed by atoms with Crippen molar-refractivity contribution in [2.45, 2.75) is 6.54 Å². The first-order chi connectivity index (χ1) is 12.6. The van der Waals surface area contributed by atoms with Crippen LogP contribution < -0.4 is 15.7 Å². The fraction of sp³-hybridized carbons (Fsp3) is 0.105. The predicted octanol–water partition coefficient (Wildman–Crippen LogP) is 2.19. The zero-order valence-corrected chi connectivity index (χ0v) is 14.9. The Kier molecular flexibility index (Phi) is 4.14. The van der Waals surface area contributed by atoms with Gasteiger partial charge in [-0.15, -0.1) is 5.10 Å². The fourth-order valence-corrected chi connectivity index (χ4v) is 3.87. The van der Waals surface area contributed by atoms with E-state index in [4.69, 9.17) is 0 Å². The smallest absolute Gasteiger partial charge is 0.260 e. The highest BCUT2D eigenvalue weighted by Crippen LogP contribution is 2.15. The summed E-state index contributed by atoms with van der Waals surface area (Å²) in [5.41, 5.74) is 4.34. The molecule has 0 aliphatic rings. The third kappa shape index (κ3) is 2.93. The number of para-hydroxylation sites is 2. The highest BCUT2D eigenvalue weighted by atomic mass is 32.1. The van der Waals surface area contributed by atoms with Crippen molar-refractivity contribution >= 4 is 38.4 Å². The number of hydrogen-bond donors (Lipinski definition) is 1. The molecule has 2 aromatic carbocycles. The lowest BCUT2D eigenvalue weighted by Crippen LogP contribution is -2.27. The molecule has 2 heterocycles. The van der Waals surface area contributed by atoms with E-state index in [1.165, 1.54) is 17.4 Å². The van der Waals surface area contributed by atoms with Gasteiger partial charge in [0.05, 0.1) is 15.7 Å². The van der Waals surface area contributed by atoms with Crippen molar-refractivity contribution in [2.75, 3.05) is 0 Å². The third-order valence-electron chi connectivity index (χ3n) is 4.19. The van der Waals surface area contributed by atoms with E-state index in [0.717, 1.165) is 15.7 Å². The molecule has 0 saturated heterocycles. The normalized spacial score (nSPS) is 12.0. The molecule has 0 bridgehead atoms. The van der Waals surface area contributed by atoms with Gasteiger partial charge in [-0.3, -0.25) is 9.59 Å². The monoisotopic (exact) mass is 364 g/mol. The number of hydrogen-bond acceptors (Lipinski definition) is 4. The number of nitrogens with one attached hydrogen (secondary N) is 1. The molecule has 0 atom stereocenters. The Balaban J connectivity index is 1.61. The molecule has 1 amide bonds. The molecular formula is C19H16N4O2S. The molecule has 6 nitrogen and oxygen atoms in total. The van der Waals surface area contributed by atoms with Crippen LogP contribution in [0.2, 0.25) is 0 Å². The fourth-order valence-electron chi connectivity index (χ4n) is 2.89. The zero-order valence-electron chi connectivity index (χ0n) is 14.0. The molecule has 0 fully saturated rings.